The van der Waals surface area contributed by atoms with Crippen LogP contribution in [0.3, 0.4) is 0 Å². The summed E-state index contributed by atoms with van der Waals surface area (Å²) in [5, 5.41) is 0. The number of amidine groups is 1. The largest absolute Gasteiger partial charge is 0.493 e. The van der Waals surface area contributed by atoms with Crippen molar-refractivity contribution >= 4 is 11.7 Å². The Balaban J connectivity index is 2.15. The molecule has 1 aliphatic heterocycles. The van der Waals surface area contributed by atoms with Crippen LogP contribution in [0, 0.1) is 0 Å². The summed E-state index contributed by atoms with van der Waals surface area (Å²) in [5.74, 6) is 2.62. The maximum absolute atomic E-state index is 5.84. The van der Waals surface area contributed by atoms with E-state index in [1.807, 2.05) is 43.3 Å². The van der Waals surface area contributed by atoms with E-state index in [1.165, 1.54) is 0 Å². The van der Waals surface area contributed by atoms with Crippen LogP contribution in [0.2, 0.25) is 0 Å². The number of aromatic nitrogens is 2. The SMILES string of the molecule is CCC(=Nc1ncnc2c1CCOc1ccccc1-2)N(C)C. The van der Waals surface area contributed by atoms with E-state index in [-0.39, 0.29) is 0 Å². The molecule has 1 aliphatic rings. The van der Waals surface area contributed by atoms with Gasteiger partial charge in [0, 0.05) is 38.1 Å². The van der Waals surface area contributed by atoms with E-state index in [2.05, 4.69) is 16.9 Å². The van der Waals surface area contributed by atoms with Crippen LogP contribution in [0.5, 0.6) is 5.75 Å². The van der Waals surface area contributed by atoms with Gasteiger partial charge in [0.1, 0.15) is 17.9 Å². The summed E-state index contributed by atoms with van der Waals surface area (Å²) >= 11 is 0. The van der Waals surface area contributed by atoms with Crippen molar-refractivity contribution in [3.05, 3.63) is 36.2 Å². The van der Waals surface area contributed by atoms with Gasteiger partial charge >= 0.3 is 0 Å². The lowest BCUT2D eigenvalue weighted by molar-refractivity contribution is 0.326. The number of rotatable bonds is 2. The van der Waals surface area contributed by atoms with E-state index in [0.29, 0.717) is 6.61 Å². The van der Waals surface area contributed by atoms with Crippen LogP contribution in [0.1, 0.15) is 18.9 Å². The normalized spacial score (nSPS) is 13.7. The monoisotopic (exact) mass is 296 g/mol. The topological polar surface area (TPSA) is 50.6 Å². The molecule has 5 heteroatoms. The summed E-state index contributed by atoms with van der Waals surface area (Å²) in [6.07, 6.45) is 3.20. The van der Waals surface area contributed by atoms with Gasteiger partial charge in [0.25, 0.3) is 0 Å². The van der Waals surface area contributed by atoms with Crippen LogP contribution in [0.15, 0.2) is 35.6 Å². The number of para-hydroxylation sites is 1. The van der Waals surface area contributed by atoms with Gasteiger partial charge in [-0.3, -0.25) is 0 Å². The van der Waals surface area contributed by atoms with Gasteiger partial charge in [0.05, 0.1) is 12.3 Å². The molecule has 0 N–H and O–H groups in total. The molecule has 0 saturated heterocycles. The first-order valence-electron chi connectivity index (χ1n) is 7.51. The van der Waals surface area contributed by atoms with Crippen molar-refractivity contribution in [1.29, 1.82) is 0 Å². The Hall–Kier alpha value is -2.43. The van der Waals surface area contributed by atoms with Gasteiger partial charge in [0.2, 0.25) is 0 Å². The van der Waals surface area contributed by atoms with Crippen LogP contribution in [-0.2, 0) is 6.42 Å². The number of hydrogen-bond donors (Lipinski definition) is 0. The van der Waals surface area contributed by atoms with Crippen molar-refractivity contribution in [3.63, 3.8) is 0 Å². The molecule has 5 nitrogen and oxygen atoms in total. The molecule has 2 aromatic rings. The average Bonchev–Trinajstić information content (AvgIpc) is 2.72. The van der Waals surface area contributed by atoms with Crippen molar-refractivity contribution in [2.45, 2.75) is 19.8 Å². The molecule has 0 spiro atoms. The lowest BCUT2D eigenvalue weighted by atomic mass is 10.0. The Labute approximate surface area is 130 Å². The number of fused-ring (bicyclic) bond motifs is 3. The molecule has 0 unspecified atom stereocenters. The van der Waals surface area contributed by atoms with Crippen molar-refractivity contribution < 1.29 is 4.74 Å². The van der Waals surface area contributed by atoms with Gasteiger partial charge in [-0.05, 0) is 12.1 Å². The van der Waals surface area contributed by atoms with Gasteiger partial charge in [-0.2, -0.15) is 0 Å². The Kier molecular flexibility index (Phi) is 4.04. The lowest BCUT2D eigenvalue weighted by Gasteiger charge is -2.15. The molecule has 22 heavy (non-hydrogen) atoms. The lowest BCUT2D eigenvalue weighted by Crippen LogP contribution is -2.20. The van der Waals surface area contributed by atoms with Crippen LogP contribution in [0.4, 0.5) is 5.82 Å². The molecule has 0 aliphatic carbocycles. The molecule has 0 fully saturated rings. The summed E-state index contributed by atoms with van der Waals surface area (Å²) < 4.78 is 5.84. The number of aliphatic imine (C=N–C) groups is 1. The van der Waals surface area contributed by atoms with Gasteiger partial charge in [-0.15, -0.1) is 0 Å². The fraction of sp³-hybridized carbons (Fsp3) is 0.353. The fourth-order valence-corrected chi connectivity index (χ4v) is 2.63. The van der Waals surface area contributed by atoms with Crippen LogP contribution in [-0.4, -0.2) is 41.4 Å². The highest BCUT2D eigenvalue weighted by Gasteiger charge is 2.20. The first-order valence-corrected chi connectivity index (χ1v) is 7.51. The van der Waals surface area contributed by atoms with Crippen molar-refractivity contribution in [2.24, 2.45) is 4.99 Å². The van der Waals surface area contributed by atoms with Gasteiger partial charge in [-0.25, -0.2) is 15.0 Å². The third kappa shape index (κ3) is 2.66. The maximum Gasteiger partial charge on any atom is 0.161 e. The molecule has 0 amide bonds. The summed E-state index contributed by atoms with van der Waals surface area (Å²) in [5.41, 5.74) is 2.99. The molecule has 114 valence electrons. The Morgan fingerprint density at radius 1 is 1.27 bits per heavy atom. The van der Waals surface area contributed by atoms with Crippen LogP contribution in [0.25, 0.3) is 11.3 Å². The zero-order chi connectivity index (χ0) is 15.5. The minimum atomic E-state index is 0.614. The zero-order valence-electron chi connectivity index (χ0n) is 13.2. The minimum Gasteiger partial charge on any atom is -0.493 e. The molecular weight excluding hydrogens is 276 g/mol. The number of hydrogen-bond acceptors (Lipinski definition) is 4. The second kappa shape index (κ2) is 6.13. The molecule has 0 bridgehead atoms. The van der Waals surface area contributed by atoms with Crippen LogP contribution >= 0.6 is 0 Å². The van der Waals surface area contributed by atoms with E-state index in [0.717, 1.165) is 47.1 Å². The fourth-order valence-electron chi connectivity index (χ4n) is 2.63. The first-order chi connectivity index (χ1) is 10.7. The third-order valence-corrected chi connectivity index (χ3v) is 3.74. The quantitative estimate of drug-likeness (QED) is 0.631. The number of benzene rings is 1. The first kappa shape index (κ1) is 14.5. The van der Waals surface area contributed by atoms with Gasteiger partial charge in [-0.1, -0.05) is 19.1 Å². The number of ether oxygens (including phenoxy) is 1. The molecular formula is C17H20N4O. The third-order valence-electron chi connectivity index (χ3n) is 3.74. The average molecular weight is 296 g/mol. The van der Waals surface area contributed by atoms with E-state index < -0.39 is 0 Å². The predicted molar refractivity (Wildman–Crippen MR) is 87.7 cm³/mol. The standard InChI is InChI=1S/C17H20N4O/c1-4-15(21(2)3)20-17-13-9-10-22-14-8-6-5-7-12(14)16(13)18-11-19-17/h5-8,11H,4,9-10H2,1-3H3. The Morgan fingerprint density at radius 3 is 2.86 bits per heavy atom. The van der Waals surface area contributed by atoms with E-state index in [4.69, 9.17) is 9.73 Å². The smallest absolute Gasteiger partial charge is 0.161 e. The van der Waals surface area contributed by atoms with E-state index in [1.54, 1.807) is 6.33 Å². The molecule has 1 aromatic carbocycles. The van der Waals surface area contributed by atoms with Crippen molar-refractivity contribution in [3.8, 4) is 17.0 Å². The van der Waals surface area contributed by atoms with Gasteiger partial charge in [0.15, 0.2) is 5.82 Å². The Morgan fingerprint density at radius 2 is 2.09 bits per heavy atom. The molecule has 0 saturated carbocycles. The molecule has 1 aromatic heterocycles. The van der Waals surface area contributed by atoms with E-state index >= 15 is 0 Å². The second-order valence-corrected chi connectivity index (χ2v) is 5.40. The van der Waals surface area contributed by atoms with E-state index in [9.17, 15) is 0 Å². The summed E-state index contributed by atoms with van der Waals surface area (Å²) in [4.78, 5) is 15.6. The van der Waals surface area contributed by atoms with Crippen LogP contribution < -0.4 is 4.74 Å². The molecule has 3 rings (SSSR count). The minimum absolute atomic E-state index is 0.614. The zero-order valence-corrected chi connectivity index (χ0v) is 13.2. The summed E-state index contributed by atoms with van der Waals surface area (Å²) in [6.45, 7) is 2.71. The molecule has 0 atom stereocenters. The molecule has 0 radical (unpaired) electrons. The highest BCUT2D eigenvalue weighted by Crippen LogP contribution is 2.36. The summed E-state index contributed by atoms with van der Waals surface area (Å²) in [7, 11) is 4.00. The second-order valence-electron chi connectivity index (χ2n) is 5.40. The maximum atomic E-state index is 5.84. The van der Waals surface area contributed by atoms with Crippen molar-refractivity contribution in [1.82, 2.24) is 14.9 Å². The molecule has 2 heterocycles. The highest BCUT2D eigenvalue weighted by molar-refractivity contribution is 5.85. The highest BCUT2D eigenvalue weighted by atomic mass is 16.5. The van der Waals surface area contributed by atoms with Gasteiger partial charge < -0.3 is 9.64 Å². The number of nitrogens with zero attached hydrogens (tertiary/aromatic N) is 4. The Bertz CT molecular complexity index is 710. The predicted octanol–water partition coefficient (Wildman–Crippen LogP) is 3.08. The van der Waals surface area contributed by atoms with Crippen molar-refractivity contribution in [2.75, 3.05) is 20.7 Å². The summed E-state index contributed by atoms with van der Waals surface area (Å²) in [6, 6.07) is 7.99.